The van der Waals surface area contributed by atoms with Crippen LogP contribution in [0.25, 0.3) is 0 Å². The molecule has 0 saturated carbocycles. The maximum absolute atomic E-state index is 12.0. The van der Waals surface area contributed by atoms with Crippen molar-refractivity contribution in [1.29, 1.82) is 0 Å². The summed E-state index contributed by atoms with van der Waals surface area (Å²) in [5, 5.41) is 5.35. The minimum atomic E-state index is -0.688. The molecule has 19 heavy (non-hydrogen) atoms. The van der Waals surface area contributed by atoms with E-state index in [1.54, 1.807) is 6.92 Å². The fourth-order valence-electron chi connectivity index (χ4n) is 2.48. The Morgan fingerprint density at radius 3 is 2.84 bits per heavy atom. The van der Waals surface area contributed by atoms with Crippen LogP contribution in [0.3, 0.4) is 0 Å². The van der Waals surface area contributed by atoms with Gasteiger partial charge in [-0.05, 0) is 37.3 Å². The molecule has 1 unspecified atom stereocenters. The van der Waals surface area contributed by atoms with Crippen molar-refractivity contribution in [1.82, 2.24) is 10.6 Å². The van der Waals surface area contributed by atoms with Crippen LogP contribution in [0.1, 0.15) is 36.9 Å². The van der Waals surface area contributed by atoms with Crippen molar-refractivity contribution in [3.8, 4) is 0 Å². The number of nitrogens with one attached hydrogen (secondary N) is 2. The summed E-state index contributed by atoms with van der Waals surface area (Å²) in [5.41, 5.74) is 7.47. The Kier molecular flexibility index (Phi) is 4.04. The van der Waals surface area contributed by atoms with Crippen LogP contribution in [-0.2, 0) is 11.2 Å². The van der Waals surface area contributed by atoms with E-state index >= 15 is 0 Å². The van der Waals surface area contributed by atoms with Crippen molar-refractivity contribution in [2.45, 2.75) is 38.3 Å². The first-order valence-electron chi connectivity index (χ1n) is 6.52. The SMILES string of the molecule is C[C@H](NC(N)=O)C(=O)NC1CCCc2ccccc21. The van der Waals surface area contributed by atoms with Gasteiger partial charge in [-0.1, -0.05) is 24.3 Å². The molecule has 0 saturated heterocycles. The van der Waals surface area contributed by atoms with E-state index in [9.17, 15) is 9.59 Å². The number of rotatable bonds is 3. The third kappa shape index (κ3) is 3.24. The maximum atomic E-state index is 12.0. The van der Waals surface area contributed by atoms with Crippen LogP contribution >= 0.6 is 0 Å². The molecule has 1 aromatic carbocycles. The van der Waals surface area contributed by atoms with Crippen LogP contribution in [0.2, 0.25) is 0 Å². The highest BCUT2D eigenvalue weighted by molar-refractivity contribution is 5.86. The zero-order chi connectivity index (χ0) is 13.8. The highest BCUT2D eigenvalue weighted by Crippen LogP contribution is 2.29. The van der Waals surface area contributed by atoms with Gasteiger partial charge in [0, 0.05) is 0 Å². The number of aryl methyl sites for hydroxylation is 1. The number of hydrogen-bond acceptors (Lipinski definition) is 2. The van der Waals surface area contributed by atoms with Gasteiger partial charge in [0.05, 0.1) is 6.04 Å². The number of urea groups is 1. The molecule has 1 aliphatic rings. The molecule has 102 valence electrons. The minimum Gasteiger partial charge on any atom is -0.352 e. The minimum absolute atomic E-state index is 0.0228. The lowest BCUT2D eigenvalue weighted by Gasteiger charge is -2.27. The number of fused-ring (bicyclic) bond motifs is 1. The molecule has 0 heterocycles. The zero-order valence-corrected chi connectivity index (χ0v) is 11.0. The van der Waals surface area contributed by atoms with Crippen molar-refractivity contribution in [2.24, 2.45) is 5.73 Å². The summed E-state index contributed by atoms with van der Waals surface area (Å²) < 4.78 is 0. The van der Waals surface area contributed by atoms with E-state index in [2.05, 4.69) is 16.7 Å². The summed E-state index contributed by atoms with van der Waals surface area (Å²) in [7, 11) is 0. The van der Waals surface area contributed by atoms with E-state index in [-0.39, 0.29) is 11.9 Å². The molecule has 2 atom stereocenters. The Morgan fingerprint density at radius 2 is 2.11 bits per heavy atom. The van der Waals surface area contributed by atoms with Crippen molar-refractivity contribution in [2.75, 3.05) is 0 Å². The van der Waals surface area contributed by atoms with E-state index in [1.807, 2.05) is 18.2 Å². The molecule has 0 bridgehead atoms. The van der Waals surface area contributed by atoms with Gasteiger partial charge in [-0.2, -0.15) is 0 Å². The first kappa shape index (κ1) is 13.4. The van der Waals surface area contributed by atoms with Crippen LogP contribution in [-0.4, -0.2) is 18.0 Å². The van der Waals surface area contributed by atoms with Crippen LogP contribution in [0.4, 0.5) is 4.79 Å². The second-order valence-electron chi connectivity index (χ2n) is 4.88. The van der Waals surface area contributed by atoms with Crippen LogP contribution < -0.4 is 16.4 Å². The number of benzene rings is 1. The van der Waals surface area contributed by atoms with Gasteiger partial charge in [0.1, 0.15) is 6.04 Å². The summed E-state index contributed by atoms with van der Waals surface area (Å²) in [5.74, 6) is -0.208. The molecular formula is C14H19N3O2. The van der Waals surface area contributed by atoms with Gasteiger partial charge in [-0.3, -0.25) is 4.79 Å². The van der Waals surface area contributed by atoms with Crippen molar-refractivity contribution in [3.05, 3.63) is 35.4 Å². The number of carbonyl (C=O) groups excluding carboxylic acids is 2. The maximum Gasteiger partial charge on any atom is 0.312 e. The normalized spacial score (nSPS) is 19.1. The van der Waals surface area contributed by atoms with Crippen LogP contribution in [0.15, 0.2) is 24.3 Å². The summed E-state index contributed by atoms with van der Waals surface area (Å²) in [6.45, 7) is 1.62. The van der Waals surface area contributed by atoms with Gasteiger partial charge in [0.25, 0.3) is 0 Å². The molecule has 1 aliphatic carbocycles. The average Bonchev–Trinajstić information content (AvgIpc) is 2.38. The lowest BCUT2D eigenvalue weighted by Crippen LogP contribution is -2.47. The van der Waals surface area contributed by atoms with Gasteiger partial charge < -0.3 is 16.4 Å². The predicted octanol–water partition coefficient (Wildman–Crippen LogP) is 1.24. The number of hydrogen-bond donors (Lipinski definition) is 3. The fraction of sp³-hybridized carbons (Fsp3) is 0.429. The Bertz CT molecular complexity index is 487. The van der Waals surface area contributed by atoms with Gasteiger partial charge >= 0.3 is 6.03 Å². The Labute approximate surface area is 112 Å². The third-order valence-corrected chi connectivity index (χ3v) is 3.44. The van der Waals surface area contributed by atoms with Crippen molar-refractivity contribution in [3.63, 3.8) is 0 Å². The molecule has 5 nitrogen and oxygen atoms in total. The summed E-state index contributed by atoms with van der Waals surface area (Å²) in [6.07, 6.45) is 3.03. The number of primary amides is 1. The monoisotopic (exact) mass is 261 g/mol. The number of nitrogens with two attached hydrogens (primary N) is 1. The summed E-state index contributed by atoms with van der Waals surface area (Å²) >= 11 is 0. The van der Waals surface area contributed by atoms with Gasteiger partial charge in [0.15, 0.2) is 0 Å². The molecule has 0 aromatic heterocycles. The molecule has 0 radical (unpaired) electrons. The van der Waals surface area contributed by atoms with Gasteiger partial charge in [0.2, 0.25) is 5.91 Å². The second-order valence-corrected chi connectivity index (χ2v) is 4.88. The molecule has 0 fully saturated rings. The lowest BCUT2D eigenvalue weighted by molar-refractivity contribution is -0.123. The molecule has 3 amide bonds. The number of amides is 3. The first-order valence-corrected chi connectivity index (χ1v) is 6.52. The summed E-state index contributed by atoms with van der Waals surface area (Å²) in [4.78, 5) is 22.7. The quantitative estimate of drug-likeness (QED) is 0.764. The molecule has 0 spiro atoms. The summed E-state index contributed by atoms with van der Waals surface area (Å²) in [6, 6.07) is 6.85. The van der Waals surface area contributed by atoms with E-state index in [4.69, 9.17) is 5.73 Å². The van der Waals surface area contributed by atoms with Gasteiger partial charge in [-0.15, -0.1) is 0 Å². The Morgan fingerprint density at radius 1 is 1.37 bits per heavy atom. The topological polar surface area (TPSA) is 84.2 Å². The molecule has 4 N–H and O–H groups in total. The zero-order valence-electron chi connectivity index (χ0n) is 11.0. The van der Waals surface area contributed by atoms with E-state index in [0.717, 1.165) is 19.3 Å². The van der Waals surface area contributed by atoms with Crippen LogP contribution in [0, 0.1) is 0 Å². The van der Waals surface area contributed by atoms with Gasteiger partial charge in [-0.25, -0.2) is 4.79 Å². The molecule has 0 aliphatic heterocycles. The highest BCUT2D eigenvalue weighted by Gasteiger charge is 2.23. The second kappa shape index (κ2) is 5.73. The highest BCUT2D eigenvalue weighted by atomic mass is 16.2. The van der Waals surface area contributed by atoms with Crippen molar-refractivity contribution >= 4 is 11.9 Å². The smallest absolute Gasteiger partial charge is 0.312 e. The third-order valence-electron chi connectivity index (χ3n) is 3.44. The van der Waals surface area contributed by atoms with Crippen LogP contribution in [0.5, 0.6) is 0 Å². The fourth-order valence-corrected chi connectivity index (χ4v) is 2.48. The molecule has 1 aromatic rings. The lowest BCUT2D eigenvalue weighted by atomic mass is 9.87. The predicted molar refractivity (Wildman–Crippen MR) is 72.4 cm³/mol. The van der Waals surface area contributed by atoms with Crippen molar-refractivity contribution < 1.29 is 9.59 Å². The van der Waals surface area contributed by atoms with E-state index < -0.39 is 12.1 Å². The largest absolute Gasteiger partial charge is 0.352 e. The molecule has 2 rings (SSSR count). The standard InChI is InChI=1S/C14H19N3O2/c1-9(16-14(15)19)13(18)17-12-8-4-6-10-5-2-3-7-11(10)12/h2-3,5,7,9,12H,4,6,8H2,1H3,(H,17,18)(H3,15,16,19)/t9-,12?/m0/s1. The molecule has 5 heteroatoms. The Balaban J connectivity index is 2.04. The Hall–Kier alpha value is -2.04. The number of carbonyl (C=O) groups is 2. The molecular weight excluding hydrogens is 242 g/mol. The first-order chi connectivity index (χ1) is 9.08. The average molecular weight is 261 g/mol. The van der Waals surface area contributed by atoms with E-state index in [1.165, 1.54) is 11.1 Å². The van der Waals surface area contributed by atoms with E-state index in [0.29, 0.717) is 0 Å².